The number of guanidine groups is 1. The molecule has 43 heavy (non-hydrogen) atoms. The summed E-state index contributed by atoms with van der Waals surface area (Å²) in [5, 5.41) is 6.91. The molecule has 3 aliphatic rings. The molecule has 1 aromatic carbocycles. The maximum absolute atomic E-state index is 13.7. The molecule has 0 bridgehead atoms. The summed E-state index contributed by atoms with van der Waals surface area (Å²) in [7, 11) is 0. The van der Waals surface area contributed by atoms with Crippen LogP contribution in [0.2, 0.25) is 0 Å². The number of nitrogens with one attached hydrogen (secondary N) is 2. The summed E-state index contributed by atoms with van der Waals surface area (Å²) in [5.41, 5.74) is 3.48. The van der Waals surface area contributed by atoms with Crippen molar-refractivity contribution in [3.63, 3.8) is 0 Å². The highest BCUT2D eigenvalue weighted by atomic mass is 16.5. The van der Waals surface area contributed by atoms with Crippen molar-refractivity contribution in [3.05, 3.63) is 59.5 Å². The molecule has 3 aromatic rings. The number of carbonyl (C=O) groups is 3. The van der Waals surface area contributed by atoms with Crippen LogP contribution in [0.1, 0.15) is 60.6 Å². The van der Waals surface area contributed by atoms with Gasteiger partial charge in [-0.3, -0.25) is 29.7 Å². The van der Waals surface area contributed by atoms with Crippen LogP contribution in [0.25, 0.3) is 10.9 Å². The highest BCUT2D eigenvalue weighted by molar-refractivity contribution is 6.11. The molecule has 224 valence electrons. The Morgan fingerprint density at radius 1 is 1.09 bits per heavy atom. The van der Waals surface area contributed by atoms with E-state index in [1.165, 1.54) is 0 Å². The van der Waals surface area contributed by atoms with Gasteiger partial charge in [-0.05, 0) is 81.8 Å². The van der Waals surface area contributed by atoms with E-state index in [2.05, 4.69) is 20.6 Å². The average Bonchev–Trinajstić information content (AvgIpc) is 3.63. The van der Waals surface area contributed by atoms with Crippen LogP contribution in [-0.4, -0.2) is 81.8 Å². The number of nitrogens with zero attached hydrogens (tertiary/aromatic N) is 5. The number of aromatic nitrogens is 2. The van der Waals surface area contributed by atoms with E-state index in [9.17, 15) is 14.4 Å². The molecule has 3 amide bonds. The highest BCUT2D eigenvalue weighted by Crippen LogP contribution is 2.31. The molecule has 2 atom stereocenters. The highest BCUT2D eigenvalue weighted by Gasteiger charge is 2.31. The Morgan fingerprint density at radius 3 is 2.74 bits per heavy atom. The Morgan fingerprint density at radius 2 is 1.91 bits per heavy atom. The number of pyridine rings is 2. The molecule has 5 heterocycles. The molecule has 3 aliphatic heterocycles. The lowest BCUT2D eigenvalue weighted by Gasteiger charge is -2.25. The predicted molar refractivity (Wildman–Crippen MR) is 163 cm³/mol. The van der Waals surface area contributed by atoms with Crippen molar-refractivity contribution in [1.82, 2.24) is 25.1 Å². The smallest absolute Gasteiger partial charge is 0.259 e. The summed E-state index contributed by atoms with van der Waals surface area (Å²) in [5.74, 6) is 0.370. The van der Waals surface area contributed by atoms with Crippen LogP contribution in [-0.2, 0) is 16.0 Å². The fourth-order valence-electron chi connectivity index (χ4n) is 6.00. The van der Waals surface area contributed by atoms with E-state index in [1.54, 1.807) is 36.4 Å². The van der Waals surface area contributed by atoms with Gasteiger partial charge in [0.05, 0.1) is 23.3 Å². The summed E-state index contributed by atoms with van der Waals surface area (Å²) in [6, 6.07) is 8.55. The van der Waals surface area contributed by atoms with E-state index < -0.39 is 11.9 Å². The molecule has 0 radical (unpaired) electrons. The number of ether oxygens (including phenoxy) is 1. The Balaban J connectivity index is 1.28. The van der Waals surface area contributed by atoms with Crippen LogP contribution in [0, 0.1) is 6.92 Å². The molecule has 11 heteroatoms. The minimum absolute atomic E-state index is 0.0227. The Bertz CT molecular complexity index is 1580. The Hall–Kier alpha value is -4.54. The van der Waals surface area contributed by atoms with Crippen LogP contribution in [0.3, 0.4) is 0 Å². The van der Waals surface area contributed by atoms with Gasteiger partial charge in [0.25, 0.3) is 5.91 Å². The number of aliphatic imine (C=N–C) groups is 1. The molecule has 11 nitrogen and oxygen atoms in total. The van der Waals surface area contributed by atoms with Crippen LogP contribution in [0.15, 0.2) is 47.7 Å². The SMILES string of the molecule is Cc1nc2ccncc2cc1C(=O)NC(=NC1CCCCN(CC(=O)N2CCCC2)C1=O)Nc1ccc2c(c1)CC(C)O2. The van der Waals surface area contributed by atoms with Crippen molar-refractivity contribution in [1.29, 1.82) is 0 Å². The van der Waals surface area contributed by atoms with Gasteiger partial charge in [-0.1, -0.05) is 0 Å². The first-order valence-electron chi connectivity index (χ1n) is 15.1. The fourth-order valence-corrected chi connectivity index (χ4v) is 6.00. The minimum atomic E-state index is -0.741. The monoisotopic (exact) mass is 583 g/mol. The topological polar surface area (TPSA) is 129 Å². The lowest BCUT2D eigenvalue weighted by atomic mass is 10.1. The molecule has 0 aliphatic carbocycles. The molecule has 2 N–H and O–H groups in total. The number of hydrogen-bond donors (Lipinski definition) is 2. The summed E-state index contributed by atoms with van der Waals surface area (Å²) >= 11 is 0. The number of aryl methyl sites for hydroxylation is 1. The van der Waals surface area contributed by atoms with Gasteiger partial charge < -0.3 is 19.9 Å². The number of rotatable bonds is 5. The van der Waals surface area contributed by atoms with Crippen LogP contribution >= 0.6 is 0 Å². The maximum Gasteiger partial charge on any atom is 0.259 e. The molecule has 2 saturated heterocycles. The molecular weight excluding hydrogens is 546 g/mol. The van der Waals surface area contributed by atoms with E-state index in [0.717, 1.165) is 73.1 Å². The normalized spacial score (nSPS) is 20.5. The van der Waals surface area contributed by atoms with E-state index in [0.29, 0.717) is 24.2 Å². The number of hydrogen-bond acceptors (Lipinski definition) is 7. The summed E-state index contributed by atoms with van der Waals surface area (Å²) in [6.45, 7) is 5.86. The van der Waals surface area contributed by atoms with E-state index in [-0.39, 0.29) is 30.4 Å². The molecule has 2 aromatic heterocycles. The maximum atomic E-state index is 13.7. The van der Waals surface area contributed by atoms with Gasteiger partial charge in [0.15, 0.2) is 0 Å². The second-order valence-electron chi connectivity index (χ2n) is 11.6. The lowest BCUT2D eigenvalue weighted by Crippen LogP contribution is -2.45. The first-order valence-corrected chi connectivity index (χ1v) is 15.1. The van der Waals surface area contributed by atoms with Gasteiger partial charge in [0.2, 0.25) is 17.8 Å². The van der Waals surface area contributed by atoms with Crippen molar-refractivity contribution in [2.75, 3.05) is 31.5 Å². The zero-order valence-corrected chi connectivity index (χ0v) is 24.6. The van der Waals surface area contributed by atoms with E-state index in [1.807, 2.05) is 30.0 Å². The third kappa shape index (κ3) is 6.45. The van der Waals surface area contributed by atoms with Gasteiger partial charge in [-0.25, -0.2) is 4.99 Å². The Kier molecular flexibility index (Phi) is 8.22. The third-order valence-electron chi connectivity index (χ3n) is 8.26. The number of likely N-dealkylation sites (tertiary alicyclic amines) is 2. The first-order chi connectivity index (χ1) is 20.8. The van der Waals surface area contributed by atoms with Crippen molar-refractivity contribution in [2.24, 2.45) is 4.99 Å². The second kappa shape index (κ2) is 12.4. The van der Waals surface area contributed by atoms with Gasteiger partial charge >= 0.3 is 0 Å². The number of benzene rings is 1. The van der Waals surface area contributed by atoms with E-state index in [4.69, 9.17) is 9.73 Å². The molecule has 2 fully saturated rings. The molecule has 2 unspecified atom stereocenters. The van der Waals surface area contributed by atoms with Crippen LogP contribution < -0.4 is 15.4 Å². The van der Waals surface area contributed by atoms with Crippen LogP contribution in [0.4, 0.5) is 5.69 Å². The van der Waals surface area contributed by atoms with Gasteiger partial charge in [-0.2, -0.15) is 0 Å². The van der Waals surface area contributed by atoms with Crippen molar-refractivity contribution >= 4 is 40.3 Å². The third-order valence-corrected chi connectivity index (χ3v) is 8.26. The second-order valence-corrected chi connectivity index (χ2v) is 11.6. The summed E-state index contributed by atoms with van der Waals surface area (Å²) < 4.78 is 5.85. The zero-order valence-electron chi connectivity index (χ0n) is 24.6. The van der Waals surface area contributed by atoms with Gasteiger partial charge in [0.1, 0.15) is 17.9 Å². The van der Waals surface area contributed by atoms with Crippen LogP contribution in [0.5, 0.6) is 5.75 Å². The van der Waals surface area contributed by atoms with Gasteiger partial charge in [-0.15, -0.1) is 0 Å². The van der Waals surface area contributed by atoms with Crippen molar-refractivity contribution in [2.45, 2.75) is 64.5 Å². The van der Waals surface area contributed by atoms with Gasteiger partial charge in [0, 0.05) is 49.5 Å². The lowest BCUT2D eigenvalue weighted by molar-refractivity contribution is -0.140. The number of amides is 3. The molecule has 0 spiro atoms. The first kappa shape index (κ1) is 28.6. The summed E-state index contributed by atoms with van der Waals surface area (Å²) in [4.78, 5) is 57.2. The number of anilines is 1. The number of carbonyl (C=O) groups excluding carboxylic acids is 3. The molecule has 6 rings (SSSR count). The standard InChI is InChI=1S/C32H37N7O4/c1-20-15-22-16-24(8-9-28(22)43-20)35-32(37-30(41)25-17-23-18-33-11-10-26(23)34-21(25)2)36-27-7-3-4-14-39(31(27)42)19-29(40)38-12-5-6-13-38/h8-11,16-18,20,27H,3-7,12-15,19H2,1-2H3,(H2,35,36,37,41). The number of fused-ring (bicyclic) bond motifs is 2. The molecular formula is C32H37N7O4. The average molecular weight is 584 g/mol. The van der Waals surface area contributed by atoms with Crippen molar-refractivity contribution in [3.8, 4) is 5.75 Å². The predicted octanol–water partition coefficient (Wildman–Crippen LogP) is 3.46. The Labute approximate surface area is 250 Å². The quantitative estimate of drug-likeness (QED) is 0.348. The van der Waals surface area contributed by atoms with E-state index >= 15 is 0 Å². The molecule has 0 saturated carbocycles. The fraction of sp³-hybridized carbons (Fsp3) is 0.438. The zero-order chi connectivity index (χ0) is 29.9. The summed E-state index contributed by atoms with van der Waals surface area (Å²) in [6.07, 6.45) is 8.29. The minimum Gasteiger partial charge on any atom is -0.490 e. The largest absolute Gasteiger partial charge is 0.490 e. The van der Waals surface area contributed by atoms with Crippen molar-refractivity contribution < 1.29 is 19.1 Å².